The molecular weight excluding hydrogens is 200 g/mol. The van der Waals surface area contributed by atoms with Crippen molar-refractivity contribution in [3.05, 3.63) is 0 Å². The van der Waals surface area contributed by atoms with Gasteiger partial charge in [-0.25, -0.2) is 5.01 Å². The van der Waals surface area contributed by atoms with Crippen molar-refractivity contribution in [3.8, 4) is 0 Å². The van der Waals surface area contributed by atoms with Crippen LogP contribution in [0.25, 0.3) is 0 Å². The maximum absolute atomic E-state index is 11.4. The van der Waals surface area contributed by atoms with E-state index in [4.69, 9.17) is 10.2 Å². The molecule has 0 heterocycles. The Labute approximate surface area is 89.1 Å². The fourth-order valence-electron chi connectivity index (χ4n) is 1.15. The normalized spacial score (nSPS) is 10.4. The largest absolute Gasteiger partial charge is 0.481 e. The number of amides is 1. The fourth-order valence-corrected chi connectivity index (χ4v) is 1.15. The van der Waals surface area contributed by atoms with Crippen LogP contribution in [0.1, 0.15) is 19.3 Å². The minimum atomic E-state index is -0.872. The van der Waals surface area contributed by atoms with Crippen molar-refractivity contribution >= 4 is 11.9 Å². The molecule has 6 heteroatoms. The van der Waals surface area contributed by atoms with Crippen molar-refractivity contribution in [1.82, 2.24) is 10.0 Å². The van der Waals surface area contributed by atoms with E-state index < -0.39 is 5.97 Å². The monoisotopic (exact) mass is 218 g/mol. The van der Waals surface area contributed by atoms with Crippen LogP contribution in [0.4, 0.5) is 0 Å². The summed E-state index contributed by atoms with van der Waals surface area (Å²) in [4.78, 5) is 21.7. The van der Waals surface area contributed by atoms with E-state index in [0.717, 1.165) is 0 Å². The first-order valence-corrected chi connectivity index (χ1v) is 4.79. The number of carboxylic acid groups (broad SMARTS) is 1. The Morgan fingerprint density at radius 2 is 1.80 bits per heavy atom. The highest BCUT2D eigenvalue weighted by molar-refractivity contribution is 5.75. The molecule has 88 valence electrons. The van der Waals surface area contributed by atoms with Gasteiger partial charge in [-0.2, -0.15) is 0 Å². The molecule has 15 heavy (non-hydrogen) atoms. The van der Waals surface area contributed by atoms with Gasteiger partial charge < -0.3 is 10.2 Å². The van der Waals surface area contributed by atoms with Crippen molar-refractivity contribution < 1.29 is 19.8 Å². The summed E-state index contributed by atoms with van der Waals surface area (Å²) in [5, 5.41) is 20.1. The van der Waals surface area contributed by atoms with Gasteiger partial charge in [0, 0.05) is 27.1 Å². The van der Waals surface area contributed by atoms with Crippen molar-refractivity contribution in [3.63, 3.8) is 0 Å². The summed E-state index contributed by atoms with van der Waals surface area (Å²) in [5.74, 6) is -1.07. The number of hydrogen-bond donors (Lipinski definition) is 2. The second-order valence-electron chi connectivity index (χ2n) is 3.33. The molecule has 0 saturated carbocycles. The van der Waals surface area contributed by atoms with Gasteiger partial charge in [-0.05, 0) is 6.42 Å². The maximum atomic E-state index is 11.4. The van der Waals surface area contributed by atoms with Gasteiger partial charge in [0.15, 0.2) is 0 Å². The Bertz CT molecular complexity index is 218. The first kappa shape index (κ1) is 13.9. The summed E-state index contributed by atoms with van der Waals surface area (Å²) in [6.45, 7) is 0.167. The molecular formula is C9H18N2O4. The number of hydrogen-bond acceptors (Lipinski definition) is 4. The van der Waals surface area contributed by atoms with E-state index in [1.165, 1.54) is 5.01 Å². The molecule has 0 aliphatic rings. The van der Waals surface area contributed by atoms with Gasteiger partial charge in [-0.1, -0.05) is 0 Å². The molecule has 0 spiro atoms. The second kappa shape index (κ2) is 7.19. The van der Waals surface area contributed by atoms with Crippen LogP contribution < -0.4 is 0 Å². The Kier molecular flexibility index (Phi) is 6.64. The summed E-state index contributed by atoms with van der Waals surface area (Å²) in [7, 11) is 3.41. The molecule has 0 fully saturated rings. The standard InChI is InChI=1S/C9H18N2O4/c1-10(2)11(8(13)5-7-12)6-3-4-9(14)15/h12H,3-7H2,1-2H3,(H,14,15). The lowest BCUT2D eigenvalue weighted by atomic mass is 10.3. The van der Waals surface area contributed by atoms with Crippen LogP contribution in [0, 0.1) is 0 Å². The zero-order valence-electron chi connectivity index (χ0n) is 9.14. The summed E-state index contributed by atoms with van der Waals surface area (Å²) >= 11 is 0. The third-order valence-electron chi connectivity index (χ3n) is 1.86. The van der Waals surface area contributed by atoms with Crippen LogP contribution in [0.3, 0.4) is 0 Å². The molecule has 0 rings (SSSR count). The van der Waals surface area contributed by atoms with Gasteiger partial charge in [-0.15, -0.1) is 0 Å². The van der Waals surface area contributed by atoms with Gasteiger partial charge >= 0.3 is 5.97 Å². The maximum Gasteiger partial charge on any atom is 0.303 e. The summed E-state index contributed by atoms with van der Waals surface area (Å²) in [6, 6.07) is 0. The first-order chi connectivity index (χ1) is 6.99. The molecule has 0 aliphatic heterocycles. The number of carbonyl (C=O) groups excluding carboxylic acids is 1. The Balaban J connectivity index is 4.04. The number of rotatable bonds is 7. The highest BCUT2D eigenvalue weighted by atomic mass is 16.4. The average Bonchev–Trinajstić information content (AvgIpc) is 2.11. The third kappa shape index (κ3) is 6.03. The van der Waals surface area contributed by atoms with Crippen LogP contribution in [0.5, 0.6) is 0 Å². The van der Waals surface area contributed by atoms with Gasteiger partial charge in [0.2, 0.25) is 5.91 Å². The van der Waals surface area contributed by atoms with Gasteiger partial charge in [0.1, 0.15) is 0 Å². The van der Waals surface area contributed by atoms with E-state index in [1.807, 2.05) is 0 Å². The van der Waals surface area contributed by atoms with Crippen LogP contribution in [-0.4, -0.2) is 59.4 Å². The molecule has 0 saturated heterocycles. The van der Waals surface area contributed by atoms with E-state index in [1.54, 1.807) is 19.1 Å². The molecule has 0 atom stereocenters. The Morgan fingerprint density at radius 1 is 1.20 bits per heavy atom. The number of carboxylic acids is 1. The van der Waals surface area contributed by atoms with Crippen LogP contribution in [0.2, 0.25) is 0 Å². The smallest absolute Gasteiger partial charge is 0.303 e. The minimum absolute atomic E-state index is 0.0384. The molecule has 6 nitrogen and oxygen atoms in total. The topological polar surface area (TPSA) is 81.1 Å². The molecule has 0 aromatic rings. The minimum Gasteiger partial charge on any atom is -0.481 e. The zero-order chi connectivity index (χ0) is 11.8. The van der Waals surface area contributed by atoms with Crippen molar-refractivity contribution in [2.75, 3.05) is 27.2 Å². The zero-order valence-corrected chi connectivity index (χ0v) is 9.14. The van der Waals surface area contributed by atoms with Crippen molar-refractivity contribution in [1.29, 1.82) is 0 Å². The predicted octanol–water partition coefficient (Wildman–Crippen LogP) is -0.461. The van der Waals surface area contributed by atoms with E-state index in [2.05, 4.69) is 0 Å². The van der Waals surface area contributed by atoms with Crippen LogP contribution >= 0.6 is 0 Å². The number of aliphatic carboxylic acids is 1. The molecule has 0 aromatic heterocycles. The predicted molar refractivity (Wildman–Crippen MR) is 54.0 cm³/mol. The highest BCUT2D eigenvalue weighted by Crippen LogP contribution is 2.00. The number of aliphatic hydroxyl groups is 1. The third-order valence-corrected chi connectivity index (χ3v) is 1.86. The number of aliphatic hydroxyl groups excluding tert-OH is 1. The Morgan fingerprint density at radius 3 is 2.20 bits per heavy atom. The molecule has 0 bridgehead atoms. The molecule has 0 aromatic carbocycles. The molecule has 0 unspecified atom stereocenters. The quantitative estimate of drug-likeness (QED) is 0.565. The molecule has 0 radical (unpaired) electrons. The summed E-state index contributed by atoms with van der Waals surface area (Å²) < 4.78 is 0. The summed E-state index contributed by atoms with van der Waals surface area (Å²) in [5.41, 5.74) is 0. The molecule has 0 aliphatic carbocycles. The van der Waals surface area contributed by atoms with Gasteiger partial charge in [0.25, 0.3) is 0 Å². The van der Waals surface area contributed by atoms with Gasteiger partial charge in [-0.3, -0.25) is 14.6 Å². The van der Waals surface area contributed by atoms with Crippen molar-refractivity contribution in [2.45, 2.75) is 19.3 Å². The number of carbonyl (C=O) groups is 2. The fraction of sp³-hybridized carbons (Fsp3) is 0.778. The number of nitrogens with zero attached hydrogens (tertiary/aromatic N) is 2. The van der Waals surface area contributed by atoms with Crippen LogP contribution in [-0.2, 0) is 9.59 Å². The molecule has 1 amide bonds. The number of hydrazine groups is 1. The van der Waals surface area contributed by atoms with E-state index >= 15 is 0 Å². The van der Waals surface area contributed by atoms with E-state index in [-0.39, 0.29) is 25.4 Å². The Hall–Kier alpha value is -1.14. The molecule has 2 N–H and O–H groups in total. The van der Waals surface area contributed by atoms with Crippen molar-refractivity contribution in [2.24, 2.45) is 0 Å². The SMILES string of the molecule is CN(C)N(CCCC(=O)O)C(=O)CCO. The van der Waals surface area contributed by atoms with E-state index in [9.17, 15) is 9.59 Å². The van der Waals surface area contributed by atoms with E-state index in [0.29, 0.717) is 13.0 Å². The lowest BCUT2D eigenvalue weighted by molar-refractivity contribution is -0.147. The van der Waals surface area contributed by atoms with Crippen LogP contribution in [0.15, 0.2) is 0 Å². The lowest BCUT2D eigenvalue weighted by Crippen LogP contribution is -2.42. The highest BCUT2D eigenvalue weighted by Gasteiger charge is 2.14. The second-order valence-corrected chi connectivity index (χ2v) is 3.33. The average molecular weight is 218 g/mol. The summed E-state index contributed by atoms with van der Waals surface area (Å²) in [6.07, 6.45) is 0.507. The lowest BCUT2D eigenvalue weighted by Gasteiger charge is -2.28. The first-order valence-electron chi connectivity index (χ1n) is 4.79. The van der Waals surface area contributed by atoms with Gasteiger partial charge in [0.05, 0.1) is 13.0 Å².